The van der Waals surface area contributed by atoms with E-state index in [4.69, 9.17) is 4.74 Å². The molecule has 5 heteroatoms. The molecule has 1 N–H and O–H groups in total. The number of nitrogens with zero attached hydrogens (tertiary/aromatic N) is 1. The van der Waals surface area contributed by atoms with Gasteiger partial charge in [-0.1, -0.05) is 6.07 Å². The van der Waals surface area contributed by atoms with Crippen LogP contribution in [0.15, 0.2) is 23.0 Å². The van der Waals surface area contributed by atoms with Crippen LogP contribution in [0.4, 0.5) is 0 Å². The molecule has 0 radical (unpaired) electrons. The first-order valence-corrected chi connectivity index (χ1v) is 6.36. The second-order valence-corrected chi connectivity index (χ2v) is 4.97. The number of aromatic carboxylic acids is 1. The van der Waals surface area contributed by atoms with Crippen molar-refractivity contribution in [3.05, 3.63) is 39.7 Å². The number of rotatable bonds is 3. The highest BCUT2D eigenvalue weighted by atomic mass is 16.5. The fourth-order valence-corrected chi connectivity index (χ4v) is 2.29. The highest BCUT2D eigenvalue weighted by Gasteiger charge is 2.20. The first-order valence-electron chi connectivity index (χ1n) is 6.36. The highest BCUT2D eigenvalue weighted by molar-refractivity contribution is 5.95. The summed E-state index contributed by atoms with van der Waals surface area (Å²) < 4.78 is 7.40. The van der Waals surface area contributed by atoms with Gasteiger partial charge in [-0.15, -0.1) is 0 Å². The molecule has 20 heavy (non-hydrogen) atoms. The van der Waals surface area contributed by atoms with Crippen molar-refractivity contribution in [2.24, 2.45) is 7.05 Å². The van der Waals surface area contributed by atoms with E-state index in [0.29, 0.717) is 22.3 Å². The molecule has 0 aliphatic carbocycles. The minimum Gasteiger partial charge on any atom is -0.489 e. The molecule has 1 heterocycles. The van der Waals surface area contributed by atoms with Gasteiger partial charge in [0.15, 0.2) is 0 Å². The van der Waals surface area contributed by atoms with Crippen LogP contribution >= 0.6 is 0 Å². The quantitative estimate of drug-likeness (QED) is 0.933. The number of benzene rings is 1. The Morgan fingerprint density at radius 3 is 2.55 bits per heavy atom. The van der Waals surface area contributed by atoms with E-state index in [1.807, 2.05) is 13.8 Å². The zero-order valence-corrected chi connectivity index (χ0v) is 11.9. The topological polar surface area (TPSA) is 68.5 Å². The van der Waals surface area contributed by atoms with E-state index in [1.165, 1.54) is 0 Å². The van der Waals surface area contributed by atoms with Crippen molar-refractivity contribution in [3.8, 4) is 5.75 Å². The van der Waals surface area contributed by atoms with Crippen molar-refractivity contribution in [1.29, 1.82) is 0 Å². The standard InChI is InChI=1S/C15H17NO4/c1-8(2)20-11-7-5-6-10-13(11)16(4)9(3)12(14(10)17)15(18)19/h5-8H,1-4H3,(H,18,19). The summed E-state index contributed by atoms with van der Waals surface area (Å²) in [6.45, 7) is 5.42. The van der Waals surface area contributed by atoms with Gasteiger partial charge in [0.1, 0.15) is 11.3 Å². The Labute approximate surface area is 116 Å². The number of hydrogen-bond acceptors (Lipinski definition) is 3. The van der Waals surface area contributed by atoms with E-state index in [0.717, 1.165) is 0 Å². The predicted octanol–water partition coefficient (Wildman–Crippen LogP) is 2.33. The Morgan fingerprint density at radius 1 is 1.35 bits per heavy atom. The van der Waals surface area contributed by atoms with Gasteiger partial charge >= 0.3 is 5.97 Å². The third kappa shape index (κ3) is 2.15. The van der Waals surface area contributed by atoms with Gasteiger partial charge in [-0.3, -0.25) is 4.79 Å². The molecule has 0 unspecified atom stereocenters. The van der Waals surface area contributed by atoms with Gasteiger partial charge in [0.25, 0.3) is 0 Å². The number of fused-ring (bicyclic) bond motifs is 1. The largest absolute Gasteiger partial charge is 0.489 e. The van der Waals surface area contributed by atoms with E-state index in [1.54, 1.807) is 36.7 Å². The van der Waals surface area contributed by atoms with Crippen molar-refractivity contribution in [1.82, 2.24) is 4.57 Å². The number of ether oxygens (including phenoxy) is 1. The lowest BCUT2D eigenvalue weighted by Crippen LogP contribution is -2.22. The van der Waals surface area contributed by atoms with E-state index in [2.05, 4.69) is 0 Å². The first kappa shape index (κ1) is 14.1. The van der Waals surface area contributed by atoms with Crippen LogP contribution in [-0.2, 0) is 7.05 Å². The summed E-state index contributed by atoms with van der Waals surface area (Å²) >= 11 is 0. The number of carboxylic acids is 1. The van der Waals surface area contributed by atoms with Crippen LogP contribution in [0.5, 0.6) is 5.75 Å². The number of carboxylic acid groups (broad SMARTS) is 1. The Morgan fingerprint density at radius 2 is 2.00 bits per heavy atom. The third-order valence-electron chi connectivity index (χ3n) is 3.25. The van der Waals surface area contributed by atoms with Gasteiger partial charge in [-0.25, -0.2) is 4.79 Å². The Kier molecular flexibility index (Phi) is 3.53. The number of pyridine rings is 1. The van der Waals surface area contributed by atoms with Gasteiger partial charge in [0, 0.05) is 12.7 Å². The normalized spacial score (nSPS) is 11.1. The summed E-state index contributed by atoms with van der Waals surface area (Å²) in [5.74, 6) is -0.627. The average molecular weight is 275 g/mol. The molecule has 2 aromatic rings. The Balaban J connectivity index is 2.92. The second-order valence-electron chi connectivity index (χ2n) is 4.97. The monoisotopic (exact) mass is 275 g/mol. The molecule has 0 saturated heterocycles. The number of aryl methyl sites for hydroxylation is 1. The van der Waals surface area contributed by atoms with Crippen LogP contribution in [0.1, 0.15) is 29.9 Å². The first-order chi connectivity index (χ1) is 9.34. The minimum atomic E-state index is -1.21. The molecule has 0 bridgehead atoms. The zero-order valence-electron chi connectivity index (χ0n) is 11.9. The van der Waals surface area contributed by atoms with Gasteiger partial charge in [-0.2, -0.15) is 0 Å². The number of aromatic nitrogens is 1. The lowest BCUT2D eigenvalue weighted by Gasteiger charge is -2.17. The fraction of sp³-hybridized carbons (Fsp3) is 0.333. The molecular weight excluding hydrogens is 258 g/mol. The van der Waals surface area contributed by atoms with Gasteiger partial charge in [0.2, 0.25) is 5.43 Å². The summed E-state index contributed by atoms with van der Waals surface area (Å²) in [6.07, 6.45) is -0.0323. The van der Waals surface area contributed by atoms with E-state index in [9.17, 15) is 14.7 Å². The van der Waals surface area contributed by atoms with Crippen LogP contribution in [-0.4, -0.2) is 21.7 Å². The van der Waals surface area contributed by atoms with Gasteiger partial charge in [-0.05, 0) is 32.9 Å². The maximum atomic E-state index is 12.3. The molecule has 1 aromatic carbocycles. The smallest absolute Gasteiger partial charge is 0.341 e. The molecule has 0 spiro atoms. The van der Waals surface area contributed by atoms with E-state index >= 15 is 0 Å². The van der Waals surface area contributed by atoms with Crippen molar-refractivity contribution in [3.63, 3.8) is 0 Å². The molecule has 0 aliphatic heterocycles. The molecule has 0 aliphatic rings. The molecular formula is C15H17NO4. The molecule has 0 saturated carbocycles. The molecule has 1 aromatic heterocycles. The van der Waals surface area contributed by atoms with Crippen LogP contribution in [0.3, 0.4) is 0 Å². The summed E-state index contributed by atoms with van der Waals surface area (Å²) in [5.41, 5.74) is 0.363. The zero-order chi connectivity index (χ0) is 15.0. The van der Waals surface area contributed by atoms with E-state index in [-0.39, 0.29) is 11.7 Å². The van der Waals surface area contributed by atoms with Crippen LogP contribution in [0, 0.1) is 6.92 Å². The molecule has 106 valence electrons. The summed E-state index contributed by atoms with van der Waals surface area (Å²) in [4.78, 5) is 23.6. The molecule has 2 rings (SSSR count). The fourth-order valence-electron chi connectivity index (χ4n) is 2.29. The molecule has 0 atom stereocenters. The predicted molar refractivity (Wildman–Crippen MR) is 76.6 cm³/mol. The SMILES string of the molecule is Cc1c(C(=O)O)c(=O)c2cccc(OC(C)C)c2n1C. The lowest BCUT2D eigenvalue weighted by molar-refractivity contribution is 0.0694. The lowest BCUT2D eigenvalue weighted by atomic mass is 10.1. The van der Waals surface area contributed by atoms with Crippen molar-refractivity contribution in [2.45, 2.75) is 26.9 Å². The van der Waals surface area contributed by atoms with E-state index < -0.39 is 11.4 Å². The van der Waals surface area contributed by atoms with Gasteiger partial charge in [0.05, 0.1) is 17.0 Å². The molecule has 5 nitrogen and oxygen atoms in total. The summed E-state index contributed by atoms with van der Waals surface area (Å²) in [7, 11) is 1.73. The molecule has 0 amide bonds. The third-order valence-corrected chi connectivity index (χ3v) is 3.25. The summed E-state index contributed by atoms with van der Waals surface area (Å²) in [6, 6.07) is 5.10. The van der Waals surface area contributed by atoms with Crippen molar-refractivity contribution >= 4 is 16.9 Å². The Hall–Kier alpha value is -2.30. The number of carbonyl (C=O) groups is 1. The average Bonchev–Trinajstić information content (AvgIpc) is 2.35. The number of para-hydroxylation sites is 1. The van der Waals surface area contributed by atoms with Crippen LogP contribution < -0.4 is 10.2 Å². The van der Waals surface area contributed by atoms with Crippen LogP contribution in [0.25, 0.3) is 10.9 Å². The molecule has 0 fully saturated rings. The van der Waals surface area contributed by atoms with Gasteiger partial charge < -0.3 is 14.4 Å². The Bertz CT molecular complexity index is 744. The van der Waals surface area contributed by atoms with Crippen LogP contribution in [0.2, 0.25) is 0 Å². The number of hydrogen-bond donors (Lipinski definition) is 1. The summed E-state index contributed by atoms with van der Waals surface area (Å²) in [5, 5.41) is 9.56. The van der Waals surface area contributed by atoms with Crippen molar-refractivity contribution in [2.75, 3.05) is 0 Å². The highest BCUT2D eigenvalue weighted by Crippen LogP contribution is 2.26. The maximum absolute atomic E-state index is 12.3. The van der Waals surface area contributed by atoms with Crippen molar-refractivity contribution < 1.29 is 14.6 Å². The second kappa shape index (κ2) is 5.00. The minimum absolute atomic E-state index is 0.0323. The maximum Gasteiger partial charge on any atom is 0.341 e.